The van der Waals surface area contributed by atoms with Crippen LogP contribution in [0.15, 0.2) is 59.5 Å². The van der Waals surface area contributed by atoms with Crippen molar-refractivity contribution >= 4 is 15.9 Å². The predicted molar refractivity (Wildman–Crippen MR) is 85.0 cm³/mol. The summed E-state index contributed by atoms with van der Waals surface area (Å²) in [7, 11) is -3.74. The number of nitrogens with two attached hydrogens (primary N) is 1. The number of hydrogen-bond donors (Lipinski definition) is 2. The average molecular weight is 318 g/mol. The molecule has 0 bridgehead atoms. The minimum absolute atomic E-state index is 0.0123. The molecular weight excluding hydrogens is 300 g/mol. The number of rotatable bonds is 5. The largest absolute Gasteiger partial charge is 0.351 e. The van der Waals surface area contributed by atoms with E-state index in [1.54, 1.807) is 0 Å². The summed E-state index contributed by atoms with van der Waals surface area (Å²) in [6, 6.07) is 15.4. The van der Waals surface area contributed by atoms with Crippen LogP contribution in [0.2, 0.25) is 0 Å². The Morgan fingerprint density at radius 2 is 1.68 bits per heavy atom. The summed E-state index contributed by atoms with van der Waals surface area (Å²) in [4.78, 5) is 12.0. The number of carbonyl (C=O) groups excluding carboxylic acids is 1. The minimum atomic E-state index is -3.74. The first kappa shape index (κ1) is 16.2. The van der Waals surface area contributed by atoms with Crippen LogP contribution in [0.25, 0.3) is 0 Å². The highest BCUT2D eigenvalue weighted by atomic mass is 32.2. The third kappa shape index (κ3) is 4.16. The van der Waals surface area contributed by atoms with Gasteiger partial charge in [-0.05, 0) is 35.7 Å². The summed E-state index contributed by atoms with van der Waals surface area (Å²) in [5.74, 6) is -0.0578. The first-order chi connectivity index (χ1) is 10.4. The Morgan fingerprint density at radius 1 is 1.09 bits per heavy atom. The van der Waals surface area contributed by atoms with Crippen molar-refractivity contribution in [1.82, 2.24) is 5.32 Å². The molecule has 0 aromatic heterocycles. The molecule has 6 heteroatoms. The molecule has 0 spiro atoms. The van der Waals surface area contributed by atoms with E-state index in [9.17, 15) is 13.2 Å². The zero-order valence-electron chi connectivity index (χ0n) is 12.2. The maximum atomic E-state index is 12.0. The van der Waals surface area contributed by atoms with Crippen LogP contribution in [0.3, 0.4) is 0 Å². The molecule has 0 radical (unpaired) electrons. The summed E-state index contributed by atoms with van der Waals surface area (Å²) in [5, 5.41) is 7.85. The van der Waals surface area contributed by atoms with Gasteiger partial charge in [0.2, 0.25) is 10.0 Å². The topological polar surface area (TPSA) is 89.3 Å². The fourth-order valence-corrected chi connectivity index (χ4v) is 2.56. The van der Waals surface area contributed by atoms with Crippen LogP contribution in [-0.4, -0.2) is 20.9 Å². The zero-order valence-corrected chi connectivity index (χ0v) is 13.0. The lowest BCUT2D eigenvalue weighted by molar-refractivity contribution is 0.0951. The van der Waals surface area contributed by atoms with E-state index in [2.05, 4.69) is 5.32 Å². The van der Waals surface area contributed by atoms with Gasteiger partial charge >= 0.3 is 0 Å². The highest BCUT2D eigenvalue weighted by molar-refractivity contribution is 7.89. The first-order valence-corrected chi connectivity index (χ1v) is 8.38. The molecule has 0 aliphatic heterocycles. The second kappa shape index (κ2) is 6.72. The minimum Gasteiger partial charge on any atom is -0.351 e. The van der Waals surface area contributed by atoms with Crippen molar-refractivity contribution < 1.29 is 13.2 Å². The van der Waals surface area contributed by atoms with Gasteiger partial charge in [-0.1, -0.05) is 37.3 Å². The Labute approximate surface area is 130 Å². The van der Waals surface area contributed by atoms with Gasteiger partial charge in [-0.25, -0.2) is 13.6 Å². The quantitative estimate of drug-likeness (QED) is 0.882. The fourth-order valence-electron chi connectivity index (χ4n) is 2.04. The van der Waals surface area contributed by atoms with Gasteiger partial charge in [0, 0.05) is 12.1 Å². The van der Waals surface area contributed by atoms with Crippen LogP contribution in [0.1, 0.15) is 28.8 Å². The second-order valence-electron chi connectivity index (χ2n) is 5.09. The molecule has 5 nitrogen and oxygen atoms in total. The number of nitrogens with one attached hydrogen (secondary N) is 1. The van der Waals surface area contributed by atoms with Gasteiger partial charge < -0.3 is 5.32 Å². The van der Waals surface area contributed by atoms with E-state index in [0.717, 1.165) is 5.56 Å². The molecule has 3 N–H and O–H groups in total. The molecule has 0 fully saturated rings. The third-order valence-corrected chi connectivity index (χ3v) is 4.31. The van der Waals surface area contributed by atoms with Crippen LogP contribution >= 0.6 is 0 Å². The van der Waals surface area contributed by atoms with Gasteiger partial charge in [0.15, 0.2) is 0 Å². The Bertz CT molecular complexity index is 741. The van der Waals surface area contributed by atoms with Gasteiger partial charge in [-0.2, -0.15) is 0 Å². The normalized spacial score (nSPS) is 12.6. The number of amides is 1. The maximum Gasteiger partial charge on any atom is 0.251 e. The van der Waals surface area contributed by atoms with Crippen LogP contribution in [0.5, 0.6) is 0 Å². The Morgan fingerprint density at radius 3 is 2.23 bits per heavy atom. The molecule has 0 heterocycles. The number of benzene rings is 2. The molecule has 2 rings (SSSR count). The number of hydrogen-bond acceptors (Lipinski definition) is 3. The fraction of sp³-hybridized carbons (Fsp3) is 0.188. The number of carbonyl (C=O) groups is 1. The molecule has 1 amide bonds. The first-order valence-electron chi connectivity index (χ1n) is 6.84. The van der Waals surface area contributed by atoms with Crippen molar-refractivity contribution in [2.75, 3.05) is 6.54 Å². The Hall–Kier alpha value is -2.18. The van der Waals surface area contributed by atoms with Crippen LogP contribution in [-0.2, 0) is 10.0 Å². The standard InChI is InChI=1S/C16H18N2O3S/c1-12(13-5-3-2-4-6-13)11-18-16(19)14-7-9-15(10-8-14)22(17,20)21/h2-10,12H,11H2,1H3,(H,18,19)(H2,17,20,21)/t12-/m0/s1. The summed E-state index contributed by atoms with van der Waals surface area (Å²) in [6.07, 6.45) is 0. The molecule has 0 saturated heterocycles. The molecule has 0 aliphatic carbocycles. The number of primary sulfonamides is 1. The van der Waals surface area contributed by atoms with Crippen molar-refractivity contribution in [3.05, 3.63) is 65.7 Å². The van der Waals surface area contributed by atoms with E-state index >= 15 is 0 Å². The maximum absolute atomic E-state index is 12.0. The van der Waals surface area contributed by atoms with Gasteiger partial charge in [0.1, 0.15) is 0 Å². The van der Waals surface area contributed by atoms with Crippen molar-refractivity contribution in [2.24, 2.45) is 5.14 Å². The van der Waals surface area contributed by atoms with E-state index in [4.69, 9.17) is 5.14 Å². The highest BCUT2D eigenvalue weighted by Gasteiger charge is 2.11. The summed E-state index contributed by atoms with van der Waals surface area (Å²) < 4.78 is 22.3. The van der Waals surface area contributed by atoms with Crippen molar-refractivity contribution in [1.29, 1.82) is 0 Å². The van der Waals surface area contributed by atoms with Gasteiger partial charge in [0.05, 0.1) is 4.90 Å². The average Bonchev–Trinajstić information content (AvgIpc) is 2.52. The molecule has 22 heavy (non-hydrogen) atoms. The van der Waals surface area contributed by atoms with Crippen LogP contribution < -0.4 is 10.5 Å². The van der Waals surface area contributed by atoms with E-state index in [1.807, 2.05) is 37.3 Å². The van der Waals surface area contributed by atoms with Crippen molar-refractivity contribution in [3.63, 3.8) is 0 Å². The molecule has 0 unspecified atom stereocenters. The van der Waals surface area contributed by atoms with Gasteiger partial charge in [-0.15, -0.1) is 0 Å². The molecular formula is C16H18N2O3S. The van der Waals surface area contributed by atoms with E-state index in [1.165, 1.54) is 24.3 Å². The highest BCUT2D eigenvalue weighted by Crippen LogP contribution is 2.14. The predicted octanol–water partition coefficient (Wildman–Crippen LogP) is 1.87. The summed E-state index contributed by atoms with van der Waals surface area (Å²) in [5.41, 5.74) is 1.54. The number of sulfonamides is 1. The van der Waals surface area contributed by atoms with E-state index in [0.29, 0.717) is 12.1 Å². The molecule has 116 valence electrons. The summed E-state index contributed by atoms with van der Waals surface area (Å²) in [6.45, 7) is 2.53. The Balaban J connectivity index is 1.98. The zero-order chi connectivity index (χ0) is 16.2. The molecule has 2 aromatic carbocycles. The Kier molecular flexibility index (Phi) is 4.95. The molecule has 0 aliphatic rings. The second-order valence-corrected chi connectivity index (χ2v) is 6.65. The van der Waals surface area contributed by atoms with Crippen LogP contribution in [0, 0.1) is 0 Å². The molecule has 0 saturated carbocycles. The van der Waals surface area contributed by atoms with Crippen molar-refractivity contribution in [3.8, 4) is 0 Å². The van der Waals surface area contributed by atoms with E-state index < -0.39 is 10.0 Å². The lowest BCUT2D eigenvalue weighted by atomic mass is 10.0. The lowest BCUT2D eigenvalue weighted by Crippen LogP contribution is -2.27. The van der Waals surface area contributed by atoms with Crippen LogP contribution in [0.4, 0.5) is 0 Å². The van der Waals surface area contributed by atoms with E-state index in [-0.39, 0.29) is 16.7 Å². The third-order valence-electron chi connectivity index (χ3n) is 3.38. The SMILES string of the molecule is C[C@@H](CNC(=O)c1ccc(S(N)(=O)=O)cc1)c1ccccc1. The van der Waals surface area contributed by atoms with Gasteiger partial charge in [0.25, 0.3) is 5.91 Å². The monoisotopic (exact) mass is 318 g/mol. The lowest BCUT2D eigenvalue weighted by Gasteiger charge is -2.13. The molecule has 2 aromatic rings. The van der Waals surface area contributed by atoms with Gasteiger partial charge in [-0.3, -0.25) is 4.79 Å². The van der Waals surface area contributed by atoms with Crippen molar-refractivity contribution in [2.45, 2.75) is 17.7 Å². The molecule has 1 atom stereocenters. The summed E-state index contributed by atoms with van der Waals surface area (Å²) >= 11 is 0. The smallest absolute Gasteiger partial charge is 0.251 e.